The second-order valence-electron chi connectivity index (χ2n) is 5.47. The zero-order valence-electron chi connectivity index (χ0n) is 10.8. The zero-order chi connectivity index (χ0) is 13.3. The predicted molar refractivity (Wildman–Crippen MR) is 62.6 cm³/mol. The van der Waals surface area contributed by atoms with Crippen molar-refractivity contribution in [3.8, 4) is 0 Å². The number of carbonyl (C=O) groups excluding carboxylic acids is 2. The van der Waals surface area contributed by atoms with Gasteiger partial charge in [0.1, 0.15) is 6.10 Å². The number of fused-ring (bicyclic) bond motifs is 1. The van der Waals surface area contributed by atoms with Crippen molar-refractivity contribution in [1.82, 2.24) is 0 Å². The molecule has 0 aromatic carbocycles. The summed E-state index contributed by atoms with van der Waals surface area (Å²) < 4.78 is 10.5. The molecule has 1 saturated heterocycles. The van der Waals surface area contributed by atoms with Crippen molar-refractivity contribution >= 4 is 11.9 Å². The number of carbonyl (C=O) groups is 2. The Labute approximate surface area is 106 Å². The molecule has 0 amide bonds. The predicted octanol–water partition coefficient (Wildman–Crippen LogP) is 1.03. The molecule has 2 fully saturated rings. The topological polar surface area (TPSA) is 72.8 Å². The first-order valence-corrected chi connectivity index (χ1v) is 6.54. The van der Waals surface area contributed by atoms with Crippen molar-refractivity contribution in [2.24, 2.45) is 11.3 Å². The summed E-state index contributed by atoms with van der Waals surface area (Å²) in [6.45, 7) is 3.17. The molecule has 5 heteroatoms. The lowest BCUT2D eigenvalue weighted by Gasteiger charge is -2.25. The Kier molecular flexibility index (Phi) is 3.61. The van der Waals surface area contributed by atoms with E-state index >= 15 is 0 Å². The van der Waals surface area contributed by atoms with Gasteiger partial charge in [0.25, 0.3) is 0 Å². The molecule has 4 unspecified atom stereocenters. The van der Waals surface area contributed by atoms with Crippen molar-refractivity contribution in [2.75, 3.05) is 6.61 Å². The highest BCUT2D eigenvalue weighted by atomic mass is 16.6. The first-order chi connectivity index (χ1) is 8.51. The van der Waals surface area contributed by atoms with Crippen LogP contribution in [0.2, 0.25) is 0 Å². The molecule has 0 aromatic rings. The van der Waals surface area contributed by atoms with Crippen molar-refractivity contribution in [3.05, 3.63) is 0 Å². The molecule has 1 heterocycles. The molecule has 18 heavy (non-hydrogen) atoms. The minimum absolute atomic E-state index is 0.00116. The maximum Gasteiger partial charge on any atom is 0.348 e. The Bertz CT molecular complexity index is 347. The number of aliphatic hydroxyl groups excluding tert-OH is 1. The molecule has 2 aliphatic rings. The lowest BCUT2D eigenvalue weighted by molar-refractivity contribution is -0.171. The first kappa shape index (κ1) is 13.3. The minimum atomic E-state index is -0.934. The van der Waals surface area contributed by atoms with Gasteiger partial charge in [0.15, 0.2) is 0 Å². The first-order valence-electron chi connectivity index (χ1n) is 6.54. The summed E-state index contributed by atoms with van der Waals surface area (Å²) in [5.74, 6) is -0.947. The fourth-order valence-electron chi connectivity index (χ4n) is 2.55. The molecule has 5 nitrogen and oxygen atoms in total. The van der Waals surface area contributed by atoms with Gasteiger partial charge in [0.2, 0.25) is 6.10 Å². The molecule has 1 saturated carbocycles. The number of hydrogen-bond donors (Lipinski definition) is 1. The highest BCUT2D eigenvalue weighted by molar-refractivity contribution is 5.83. The molecule has 1 N–H and O–H groups in total. The van der Waals surface area contributed by atoms with Crippen molar-refractivity contribution < 1.29 is 24.2 Å². The smallest absolute Gasteiger partial charge is 0.348 e. The zero-order valence-corrected chi connectivity index (χ0v) is 10.8. The number of rotatable bonds is 4. The highest BCUT2D eigenvalue weighted by Crippen LogP contribution is 2.39. The van der Waals surface area contributed by atoms with Gasteiger partial charge in [-0.1, -0.05) is 6.92 Å². The lowest BCUT2D eigenvalue weighted by atomic mass is 9.88. The second kappa shape index (κ2) is 4.88. The Hall–Kier alpha value is -1.10. The van der Waals surface area contributed by atoms with E-state index in [2.05, 4.69) is 0 Å². The summed E-state index contributed by atoms with van der Waals surface area (Å²) in [5.41, 5.74) is -0.934. The average Bonchev–Trinajstić information content (AvgIpc) is 2.91. The number of aliphatic hydroxyl groups is 1. The Balaban J connectivity index is 2.05. The van der Waals surface area contributed by atoms with Crippen LogP contribution in [-0.4, -0.2) is 35.9 Å². The van der Waals surface area contributed by atoms with E-state index in [1.807, 2.05) is 6.92 Å². The third kappa shape index (κ3) is 2.11. The van der Waals surface area contributed by atoms with Crippen LogP contribution >= 0.6 is 0 Å². The standard InChI is InChI=1S/C13H20O5/c1-3-13(2,7-14)12(16)18-10-8-5-4-6-9(8)17-11(10)15/h8-10,14H,3-7H2,1-2H3. The van der Waals surface area contributed by atoms with Crippen LogP contribution in [0.25, 0.3) is 0 Å². The number of hydrogen-bond acceptors (Lipinski definition) is 5. The SMILES string of the molecule is CCC(C)(CO)C(=O)OC1C(=O)OC2CCCC21. The Morgan fingerprint density at radius 2 is 2.28 bits per heavy atom. The van der Waals surface area contributed by atoms with E-state index in [0.29, 0.717) is 6.42 Å². The van der Waals surface area contributed by atoms with Crippen LogP contribution < -0.4 is 0 Å². The van der Waals surface area contributed by atoms with E-state index in [-0.39, 0.29) is 18.6 Å². The van der Waals surface area contributed by atoms with Gasteiger partial charge in [0, 0.05) is 5.92 Å². The molecule has 0 radical (unpaired) electrons. The largest absolute Gasteiger partial charge is 0.459 e. The van der Waals surface area contributed by atoms with E-state index in [1.54, 1.807) is 6.92 Å². The summed E-state index contributed by atoms with van der Waals surface area (Å²) in [5, 5.41) is 9.27. The second-order valence-corrected chi connectivity index (χ2v) is 5.47. The van der Waals surface area contributed by atoms with Crippen LogP contribution in [0.4, 0.5) is 0 Å². The van der Waals surface area contributed by atoms with Crippen molar-refractivity contribution in [1.29, 1.82) is 0 Å². The number of ether oxygens (including phenoxy) is 2. The maximum absolute atomic E-state index is 12.0. The van der Waals surface area contributed by atoms with Crippen LogP contribution in [0.5, 0.6) is 0 Å². The summed E-state index contributed by atoms with van der Waals surface area (Å²) in [4.78, 5) is 23.7. The summed E-state index contributed by atoms with van der Waals surface area (Å²) >= 11 is 0. The van der Waals surface area contributed by atoms with Crippen LogP contribution in [0.15, 0.2) is 0 Å². The molecule has 4 atom stereocenters. The Morgan fingerprint density at radius 1 is 1.56 bits per heavy atom. The molecule has 1 aliphatic heterocycles. The highest BCUT2D eigenvalue weighted by Gasteiger charge is 2.50. The molecular weight excluding hydrogens is 236 g/mol. The van der Waals surface area contributed by atoms with Gasteiger partial charge in [-0.15, -0.1) is 0 Å². The van der Waals surface area contributed by atoms with E-state index < -0.39 is 23.5 Å². The van der Waals surface area contributed by atoms with Gasteiger partial charge in [-0.3, -0.25) is 4.79 Å². The van der Waals surface area contributed by atoms with E-state index in [4.69, 9.17) is 9.47 Å². The van der Waals surface area contributed by atoms with E-state index in [9.17, 15) is 14.7 Å². The van der Waals surface area contributed by atoms with Gasteiger partial charge >= 0.3 is 11.9 Å². The molecule has 102 valence electrons. The van der Waals surface area contributed by atoms with Gasteiger partial charge in [-0.05, 0) is 32.6 Å². The van der Waals surface area contributed by atoms with Gasteiger partial charge in [-0.2, -0.15) is 0 Å². The van der Waals surface area contributed by atoms with Crippen molar-refractivity contribution in [2.45, 2.75) is 51.7 Å². The molecule has 2 rings (SSSR count). The average molecular weight is 256 g/mol. The van der Waals surface area contributed by atoms with Crippen LogP contribution in [0.1, 0.15) is 39.5 Å². The van der Waals surface area contributed by atoms with E-state index in [0.717, 1.165) is 19.3 Å². The van der Waals surface area contributed by atoms with Gasteiger partial charge in [-0.25, -0.2) is 4.79 Å². The van der Waals surface area contributed by atoms with Gasteiger partial charge < -0.3 is 14.6 Å². The minimum Gasteiger partial charge on any atom is -0.459 e. The quantitative estimate of drug-likeness (QED) is 0.761. The summed E-state index contributed by atoms with van der Waals surface area (Å²) in [6, 6.07) is 0. The summed E-state index contributed by atoms with van der Waals surface area (Å²) in [7, 11) is 0. The van der Waals surface area contributed by atoms with Crippen molar-refractivity contribution in [3.63, 3.8) is 0 Å². The van der Waals surface area contributed by atoms with E-state index in [1.165, 1.54) is 0 Å². The summed E-state index contributed by atoms with van der Waals surface area (Å²) in [6.07, 6.45) is 2.32. The van der Waals surface area contributed by atoms with Crippen LogP contribution in [0.3, 0.4) is 0 Å². The third-order valence-electron chi connectivity index (χ3n) is 4.25. The normalized spacial score (nSPS) is 33.7. The monoisotopic (exact) mass is 256 g/mol. The number of esters is 2. The third-order valence-corrected chi connectivity index (χ3v) is 4.25. The fourth-order valence-corrected chi connectivity index (χ4v) is 2.55. The van der Waals surface area contributed by atoms with Gasteiger partial charge in [0.05, 0.1) is 12.0 Å². The fraction of sp³-hybridized carbons (Fsp3) is 0.846. The molecular formula is C13H20O5. The maximum atomic E-state index is 12.0. The molecule has 0 aromatic heterocycles. The van der Waals surface area contributed by atoms with Crippen LogP contribution in [-0.2, 0) is 19.1 Å². The molecule has 0 bridgehead atoms. The Morgan fingerprint density at radius 3 is 2.89 bits per heavy atom. The lowest BCUT2D eigenvalue weighted by Crippen LogP contribution is -2.38. The molecule has 0 spiro atoms. The molecule has 1 aliphatic carbocycles. The van der Waals surface area contributed by atoms with Crippen LogP contribution in [0, 0.1) is 11.3 Å².